The number of benzene rings is 3. The van der Waals surface area contributed by atoms with E-state index < -0.39 is 11.6 Å². The number of aromatic nitrogens is 1. The maximum absolute atomic E-state index is 14.3. The van der Waals surface area contributed by atoms with Crippen molar-refractivity contribution in [3.8, 4) is 11.1 Å². The summed E-state index contributed by atoms with van der Waals surface area (Å²) in [5.74, 6) is -1.61. The minimum absolute atomic E-state index is 0.0801. The summed E-state index contributed by atoms with van der Waals surface area (Å²) < 4.78 is 28.4. The number of hydrogen-bond donors (Lipinski definition) is 0. The molecule has 0 bridgehead atoms. The number of fused-ring (bicyclic) bond motifs is 1. The molecule has 170 valence electrons. The Bertz CT molecular complexity index is 1240. The molecular formula is C26H25F2N3OS. The van der Waals surface area contributed by atoms with Gasteiger partial charge < -0.3 is 4.90 Å². The van der Waals surface area contributed by atoms with Gasteiger partial charge in [-0.2, -0.15) is 0 Å². The molecule has 0 radical (unpaired) electrons. The summed E-state index contributed by atoms with van der Waals surface area (Å²) in [6, 6.07) is 19.4. The monoisotopic (exact) mass is 465 g/mol. The maximum atomic E-state index is 14.3. The Morgan fingerprint density at radius 1 is 0.909 bits per heavy atom. The summed E-state index contributed by atoms with van der Waals surface area (Å²) in [4.78, 5) is 21.6. The zero-order valence-corrected chi connectivity index (χ0v) is 19.4. The first-order chi connectivity index (χ1) is 16.0. The van der Waals surface area contributed by atoms with Crippen molar-refractivity contribution in [2.45, 2.75) is 13.8 Å². The third kappa shape index (κ3) is 5.10. The van der Waals surface area contributed by atoms with E-state index in [-0.39, 0.29) is 11.4 Å². The molecule has 1 amide bonds. The van der Waals surface area contributed by atoms with Crippen LogP contribution in [0.15, 0.2) is 66.7 Å². The van der Waals surface area contributed by atoms with Crippen molar-refractivity contribution in [1.82, 2.24) is 9.88 Å². The van der Waals surface area contributed by atoms with E-state index in [9.17, 15) is 13.6 Å². The van der Waals surface area contributed by atoms with E-state index >= 15 is 0 Å². The normalized spacial score (nSPS) is 11.3. The Labute approximate surface area is 196 Å². The minimum atomic E-state index is -0.726. The molecule has 0 aliphatic carbocycles. The van der Waals surface area contributed by atoms with Crippen LogP contribution in [-0.4, -0.2) is 42.0 Å². The van der Waals surface area contributed by atoms with Crippen LogP contribution in [0.1, 0.15) is 24.2 Å². The lowest BCUT2D eigenvalue weighted by molar-refractivity contribution is 0.0984. The molecular weight excluding hydrogens is 440 g/mol. The van der Waals surface area contributed by atoms with Gasteiger partial charge in [0.2, 0.25) is 0 Å². The molecule has 3 aromatic carbocycles. The summed E-state index contributed by atoms with van der Waals surface area (Å²) in [6.45, 7) is 6.87. The van der Waals surface area contributed by atoms with Crippen LogP contribution in [0.3, 0.4) is 0 Å². The van der Waals surface area contributed by atoms with Gasteiger partial charge in [0.25, 0.3) is 5.91 Å². The van der Waals surface area contributed by atoms with Crippen LogP contribution in [0.2, 0.25) is 0 Å². The number of amides is 1. The van der Waals surface area contributed by atoms with Crippen LogP contribution in [0, 0.1) is 11.6 Å². The van der Waals surface area contributed by atoms with Gasteiger partial charge in [-0.3, -0.25) is 9.69 Å². The quantitative estimate of drug-likeness (QED) is 0.310. The van der Waals surface area contributed by atoms with Crippen LogP contribution in [0.25, 0.3) is 21.3 Å². The van der Waals surface area contributed by atoms with Crippen LogP contribution in [0.5, 0.6) is 0 Å². The van der Waals surface area contributed by atoms with E-state index in [4.69, 9.17) is 0 Å². The summed E-state index contributed by atoms with van der Waals surface area (Å²) in [6.07, 6.45) is 0. The van der Waals surface area contributed by atoms with Crippen molar-refractivity contribution in [2.75, 3.05) is 31.1 Å². The largest absolute Gasteiger partial charge is 0.302 e. The predicted molar refractivity (Wildman–Crippen MR) is 131 cm³/mol. The fourth-order valence-corrected chi connectivity index (χ4v) is 4.75. The fourth-order valence-electron chi connectivity index (χ4n) is 3.72. The van der Waals surface area contributed by atoms with E-state index in [0.29, 0.717) is 28.5 Å². The van der Waals surface area contributed by atoms with Crippen molar-refractivity contribution >= 4 is 32.6 Å². The van der Waals surface area contributed by atoms with Gasteiger partial charge in [-0.05, 0) is 42.4 Å². The van der Waals surface area contributed by atoms with Crippen molar-refractivity contribution in [3.05, 3.63) is 83.9 Å². The molecule has 1 aromatic heterocycles. The van der Waals surface area contributed by atoms with Crippen LogP contribution in [0.4, 0.5) is 13.9 Å². The van der Waals surface area contributed by atoms with Gasteiger partial charge in [-0.15, -0.1) is 0 Å². The summed E-state index contributed by atoms with van der Waals surface area (Å²) in [5.41, 5.74) is 2.68. The van der Waals surface area contributed by atoms with E-state index in [2.05, 4.69) is 23.7 Å². The lowest BCUT2D eigenvalue weighted by Crippen LogP contribution is -2.38. The molecule has 1 heterocycles. The van der Waals surface area contributed by atoms with Crippen molar-refractivity contribution in [3.63, 3.8) is 0 Å². The Kier molecular flexibility index (Phi) is 7.11. The highest BCUT2D eigenvalue weighted by Crippen LogP contribution is 2.32. The van der Waals surface area contributed by atoms with Gasteiger partial charge in [0.15, 0.2) is 10.9 Å². The number of anilines is 1. The number of halogens is 2. The van der Waals surface area contributed by atoms with Gasteiger partial charge >= 0.3 is 0 Å². The highest BCUT2D eigenvalue weighted by atomic mass is 32.1. The van der Waals surface area contributed by atoms with E-state index in [1.54, 1.807) is 17.0 Å². The lowest BCUT2D eigenvalue weighted by atomic mass is 10.0. The molecule has 0 fully saturated rings. The number of carbonyl (C=O) groups is 1. The topological polar surface area (TPSA) is 36.4 Å². The van der Waals surface area contributed by atoms with Crippen LogP contribution < -0.4 is 4.90 Å². The fraction of sp³-hybridized carbons (Fsp3) is 0.231. The number of rotatable bonds is 8. The van der Waals surface area contributed by atoms with Crippen molar-refractivity contribution in [1.29, 1.82) is 0 Å². The minimum Gasteiger partial charge on any atom is -0.302 e. The standard InChI is InChI=1S/C26H25F2N3OS/c1-3-30(4-2)14-15-31(26-29-24-22(28)16-21(27)17-23(24)33-26)25(32)20-12-10-19(11-13-20)18-8-6-5-7-9-18/h5-13,16-17H,3-4,14-15H2,1-2H3. The Morgan fingerprint density at radius 3 is 2.24 bits per heavy atom. The number of nitrogens with zero attached hydrogens (tertiary/aromatic N) is 3. The first-order valence-electron chi connectivity index (χ1n) is 11.0. The third-order valence-electron chi connectivity index (χ3n) is 5.65. The number of hydrogen-bond acceptors (Lipinski definition) is 4. The highest BCUT2D eigenvalue weighted by molar-refractivity contribution is 7.22. The van der Waals surface area contributed by atoms with Gasteiger partial charge in [0, 0.05) is 24.7 Å². The Hall–Kier alpha value is -3.16. The van der Waals surface area contributed by atoms with E-state index in [1.807, 2.05) is 42.5 Å². The average Bonchev–Trinajstić information content (AvgIpc) is 3.26. The molecule has 0 N–H and O–H groups in total. The summed E-state index contributed by atoms with van der Waals surface area (Å²) >= 11 is 1.12. The summed E-state index contributed by atoms with van der Waals surface area (Å²) in [7, 11) is 0. The van der Waals surface area contributed by atoms with Gasteiger partial charge in [0.1, 0.15) is 11.3 Å². The molecule has 0 saturated heterocycles. The zero-order valence-electron chi connectivity index (χ0n) is 18.6. The molecule has 33 heavy (non-hydrogen) atoms. The molecule has 0 spiro atoms. The lowest BCUT2D eigenvalue weighted by Gasteiger charge is -2.24. The Morgan fingerprint density at radius 2 is 1.58 bits per heavy atom. The molecule has 0 aliphatic rings. The molecule has 4 rings (SSSR count). The van der Waals surface area contributed by atoms with Crippen LogP contribution in [-0.2, 0) is 0 Å². The molecule has 0 saturated carbocycles. The van der Waals surface area contributed by atoms with E-state index in [1.165, 1.54) is 6.07 Å². The zero-order chi connectivity index (χ0) is 23.4. The maximum Gasteiger partial charge on any atom is 0.260 e. The second-order valence-electron chi connectivity index (χ2n) is 7.66. The first kappa shape index (κ1) is 23.0. The number of carbonyl (C=O) groups excluding carboxylic acids is 1. The van der Waals surface area contributed by atoms with E-state index in [0.717, 1.165) is 41.6 Å². The number of likely N-dealkylation sites (N-methyl/N-ethyl adjacent to an activating group) is 1. The first-order valence-corrected chi connectivity index (χ1v) is 11.8. The summed E-state index contributed by atoms with van der Waals surface area (Å²) in [5, 5.41) is 0.360. The molecule has 0 aliphatic heterocycles. The molecule has 0 atom stereocenters. The third-order valence-corrected chi connectivity index (χ3v) is 6.68. The van der Waals surface area contributed by atoms with Gasteiger partial charge in [-0.1, -0.05) is 67.6 Å². The second kappa shape index (κ2) is 10.2. The highest BCUT2D eigenvalue weighted by Gasteiger charge is 2.23. The van der Waals surface area contributed by atoms with Crippen molar-refractivity contribution in [2.24, 2.45) is 0 Å². The molecule has 0 unspecified atom stereocenters. The van der Waals surface area contributed by atoms with Gasteiger partial charge in [0.05, 0.1) is 4.70 Å². The molecule has 4 nitrogen and oxygen atoms in total. The Balaban J connectivity index is 1.67. The predicted octanol–water partition coefficient (Wildman–Crippen LogP) is 6.23. The average molecular weight is 466 g/mol. The number of thiazole rings is 1. The van der Waals surface area contributed by atoms with Gasteiger partial charge in [-0.25, -0.2) is 13.8 Å². The second-order valence-corrected chi connectivity index (χ2v) is 8.67. The molecule has 4 aromatic rings. The SMILES string of the molecule is CCN(CC)CCN(C(=O)c1ccc(-c2ccccc2)cc1)c1nc2c(F)cc(F)cc2s1. The smallest absolute Gasteiger partial charge is 0.260 e. The van der Waals surface area contributed by atoms with Crippen molar-refractivity contribution < 1.29 is 13.6 Å². The van der Waals surface area contributed by atoms with Crippen LogP contribution >= 0.6 is 11.3 Å². The molecule has 7 heteroatoms.